The second kappa shape index (κ2) is 7.32. The Hall–Kier alpha value is -3.00. The molecule has 1 aliphatic heterocycles. The summed E-state index contributed by atoms with van der Waals surface area (Å²) < 4.78 is 17.0. The molecular formula is C19H18N4O3S. The van der Waals surface area contributed by atoms with Gasteiger partial charge in [0.2, 0.25) is 11.0 Å². The zero-order valence-corrected chi connectivity index (χ0v) is 15.9. The minimum atomic E-state index is -0.474. The summed E-state index contributed by atoms with van der Waals surface area (Å²) in [5.41, 5.74) is 3.27. The van der Waals surface area contributed by atoms with Crippen molar-refractivity contribution in [1.29, 1.82) is 0 Å². The molecule has 4 rings (SSSR count). The van der Waals surface area contributed by atoms with E-state index < -0.39 is 6.23 Å². The third-order valence-electron chi connectivity index (χ3n) is 4.23. The number of thioether (sulfide) groups is 1. The zero-order chi connectivity index (χ0) is 18.8. The van der Waals surface area contributed by atoms with Gasteiger partial charge in [-0.25, -0.2) is 0 Å². The summed E-state index contributed by atoms with van der Waals surface area (Å²) in [6.45, 7) is 0. The Balaban J connectivity index is 1.82. The van der Waals surface area contributed by atoms with Gasteiger partial charge in [-0.1, -0.05) is 30.0 Å². The lowest BCUT2D eigenvalue weighted by Gasteiger charge is -2.20. The molecular weight excluding hydrogens is 364 g/mol. The maximum absolute atomic E-state index is 6.21. The first kappa shape index (κ1) is 17.4. The third kappa shape index (κ3) is 3.23. The van der Waals surface area contributed by atoms with Crippen molar-refractivity contribution in [2.75, 3.05) is 25.8 Å². The topological polar surface area (TPSA) is 78.4 Å². The quantitative estimate of drug-likeness (QED) is 0.683. The maximum atomic E-state index is 6.21. The Morgan fingerprint density at radius 2 is 1.85 bits per heavy atom. The number of hydrogen-bond donors (Lipinski definition) is 1. The lowest BCUT2D eigenvalue weighted by molar-refractivity contribution is 0.224. The normalized spacial score (nSPS) is 14.9. The molecule has 0 saturated carbocycles. The highest BCUT2D eigenvalue weighted by atomic mass is 32.2. The second-order valence-corrected chi connectivity index (χ2v) is 6.53. The lowest BCUT2D eigenvalue weighted by atomic mass is 10.1. The molecule has 7 nitrogen and oxygen atoms in total. The summed E-state index contributed by atoms with van der Waals surface area (Å²) in [6.07, 6.45) is 1.43. The number of nitrogens with one attached hydrogen (secondary N) is 1. The molecule has 0 spiro atoms. The molecule has 0 radical (unpaired) electrons. The fourth-order valence-corrected chi connectivity index (χ4v) is 3.20. The van der Waals surface area contributed by atoms with Gasteiger partial charge in [0.25, 0.3) is 0 Å². The van der Waals surface area contributed by atoms with Gasteiger partial charge in [-0.05, 0) is 30.5 Å². The smallest absolute Gasteiger partial charge is 0.247 e. The van der Waals surface area contributed by atoms with E-state index in [4.69, 9.17) is 14.2 Å². The fraction of sp³-hybridized carbons (Fsp3) is 0.211. The van der Waals surface area contributed by atoms with Crippen LogP contribution in [0.5, 0.6) is 17.4 Å². The molecule has 0 aliphatic carbocycles. The van der Waals surface area contributed by atoms with E-state index in [1.165, 1.54) is 11.8 Å². The Morgan fingerprint density at radius 3 is 2.63 bits per heavy atom. The van der Waals surface area contributed by atoms with Gasteiger partial charge in [0.05, 0.1) is 14.2 Å². The van der Waals surface area contributed by atoms with Crippen LogP contribution >= 0.6 is 11.8 Å². The van der Waals surface area contributed by atoms with E-state index in [0.717, 1.165) is 16.8 Å². The van der Waals surface area contributed by atoms with E-state index in [1.807, 2.05) is 48.7 Å². The van der Waals surface area contributed by atoms with Crippen LogP contribution in [0.4, 0.5) is 5.69 Å². The molecule has 0 fully saturated rings. The van der Waals surface area contributed by atoms with Crippen molar-refractivity contribution in [3.05, 3.63) is 48.0 Å². The number of anilines is 1. The van der Waals surface area contributed by atoms with Gasteiger partial charge in [0.15, 0.2) is 23.4 Å². The minimum Gasteiger partial charge on any atom is -0.493 e. The molecule has 2 heterocycles. The number of hydrogen-bond acceptors (Lipinski definition) is 8. The first-order chi connectivity index (χ1) is 13.2. The Kier molecular flexibility index (Phi) is 4.72. The fourth-order valence-electron chi connectivity index (χ4n) is 2.90. The van der Waals surface area contributed by atoms with Crippen molar-refractivity contribution >= 4 is 17.4 Å². The van der Waals surface area contributed by atoms with Crippen molar-refractivity contribution in [3.8, 4) is 28.6 Å². The summed E-state index contributed by atoms with van der Waals surface area (Å²) in [7, 11) is 3.21. The van der Waals surface area contributed by atoms with Gasteiger partial charge in [0, 0.05) is 16.8 Å². The number of benzene rings is 2. The minimum absolute atomic E-state index is 0.437. The predicted molar refractivity (Wildman–Crippen MR) is 104 cm³/mol. The van der Waals surface area contributed by atoms with Crippen molar-refractivity contribution in [2.24, 2.45) is 0 Å². The molecule has 1 atom stereocenters. The van der Waals surface area contributed by atoms with E-state index in [9.17, 15) is 0 Å². The first-order valence-corrected chi connectivity index (χ1v) is 9.49. The monoisotopic (exact) mass is 382 g/mol. The molecule has 27 heavy (non-hydrogen) atoms. The molecule has 0 saturated heterocycles. The summed E-state index contributed by atoms with van der Waals surface area (Å²) in [5, 5.41) is 12.5. The number of para-hydroxylation sites is 1. The summed E-state index contributed by atoms with van der Waals surface area (Å²) in [5.74, 6) is 1.72. The number of nitrogens with zero attached hydrogens (tertiary/aromatic N) is 3. The highest BCUT2D eigenvalue weighted by Crippen LogP contribution is 2.40. The number of fused-ring (bicyclic) bond motifs is 3. The Labute approximate surface area is 161 Å². The second-order valence-electron chi connectivity index (χ2n) is 5.75. The van der Waals surface area contributed by atoms with Crippen LogP contribution in [0.15, 0.2) is 47.6 Å². The molecule has 2 aromatic carbocycles. The largest absolute Gasteiger partial charge is 0.493 e. The zero-order valence-electron chi connectivity index (χ0n) is 15.1. The van der Waals surface area contributed by atoms with Crippen LogP contribution in [0.2, 0.25) is 0 Å². The number of aromatic nitrogens is 3. The van der Waals surface area contributed by atoms with Gasteiger partial charge >= 0.3 is 0 Å². The molecule has 0 bridgehead atoms. The van der Waals surface area contributed by atoms with Crippen LogP contribution < -0.4 is 19.5 Å². The van der Waals surface area contributed by atoms with Crippen molar-refractivity contribution < 1.29 is 14.2 Å². The van der Waals surface area contributed by atoms with Crippen LogP contribution in [0, 0.1) is 0 Å². The predicted octanol–water partition coefficient (Wildman–Crippen LogP) is 3.78. The van der Waals surface area contributed by atoms with Crippen molar-refractivity contribution in [2.45, 2.75) is 11.4 Å². The molecule has 1 aromatic heterocycles. The average molecular weight is 382 g/mol. The van der Waals surface area contributed by atoms with Gasteiger partial charge in [-0.15, -0.1) is 10.2 Å². The third-order valence-corrected chi connectivity index (χ3v) is 4.76. The van der Waals surface area contributed by atoms with Crippen LogP contribution in [0.25, 0.3) is 11.3 Å². The SMILES string of the molecule is COc1ccc(C2Nc3ccccc3-c3nnc(SC)nc3O2)cc1OC. The summed E-state index contributed by atoms with van der Waals surface area (Å²) >= 11 is 1.42. The van der Waals surface area contributed by atoms with Crippen LogP contribution in [-0.2, 0) is 0 Å². The van der Waals surface area contributed by atoms with E-state index >= 15 is 0 Å². The highest BCUT2D eigenvalue weighted by molar-refractivity contribution is 7.98. The Morgan fingerprint density at radius 1 is 1.04 bits per heavy atom. The van der Waals surface area contributed by atoms with Crippen molar-refractivity contribution in [3.63, 3.8) is 0 Å². The summed E-state index contributed by atoms with van der Waals surface area (Å²) in [6, 6.07) is 13.5. The molecule has 1 aliphatic rings. The van der Waals surface area contributed by atoms with Crippen LogP contribution in [0.3, 0.4) is 0 Å². The van der Waals surface area contributed by atoms with E-state index in [2.05, 4.69) is 20.5 Å². The highest BCUT2D eigenvalue weighted by Gasteiger charge is 2.26. The van der Waals surface area contributed by atoms with E-state index in [0.29, 0.717) is 28.2 Å². The summed E-state index contributed by atoms with van der Waals surface area (Å²) in [4.78, 5) is 4.51. The molecule has 0 amide bonds. The van der Waals surface area contributed by atoms with Crippen LogP contribution in [-0.4, -0.2) is 35.7 Å². The molecule has 3 aromatic rings. The Bertz CT molecular complexity index is 983. The first-order valence-electron chi connectivity index (χ1n) is 8.26. The molecule has 1 unspecified atom stereocenters. The van der Waals surface area contributed by atoms with E-state index in [1.54, 1.807) is 14.2 Å². The van der Waals surface area contributed by atoms with Gasteiger partial charge in [-0.2, -0.15) is 4.98 Å². The molecule has 138 valence electrons. The van der Waals surface area contributed by atoms with Gasteiger partial charge in [0.1, 0.15) is 0 Å². The molecule has 8 heteroatoms. The van der Waals surface area contributed by atoms with Crippen molar-refractivity contribution in [1.82, 2.24) is 15.2 Å². The number of methoxy groups -OCH3 is 2. The lowest BCUT2D eigenvalue weighted by Crippen LogP contribution is -2.17. The maximum Gasteiger partial charge on any atom is 0.247 e. The van der Waals surface area contributed by atoms with Gasteiger partial charge < -0.3 is 19.5 Å². The standard InChI is InChI=1S/C19H18N4O3S/c1-24-14-9-8-11(10-15(14)25-2)17-20-13-7-5-4-6-12(13)16-18(26-17)21-19(27-3)23-22-16/h4-10,17,20H,1-3H3. The average Bonchev–Trinajstić information content (AvgIpc) is 2.89. The van der Waals surface area contributed by atoms with Crippen LogP contribution in [0.1, 0.15) is 11.8 Å². The van der Waals surface area contributed by atoms with Gasteiger partial charge in [-0.3, -0.25) is 0 Å². The number of ether oxygens (including phenoxy) is 3. The molecule has 1 N–H and O–H groups in total. The van der Waals surface area contributed by atoms with E-state index in [-0.39, 0.29) is 0 Å². The number of rotatable bonds is 4.